The van der Waals surface area contributed by atoms with Crippen LogP contribution < -0.4 is 14.8 Å². The first-order valence-electron chi connectivity index (χ1n) is 11.4. The molecule has 1 saturated heterocycles. The highest BCUT2D eigenvalue weighted by Crippen LogP contribution is 2.43. The number of fused-ring (bicyclic) bond motifs is 3. The van der Waals surface area contributed by atoms with E-state index < -0.39 is 0 Å². The van der Waals surface area contributed by atoms with Crippen molar-refractivity contribution in [2.75, 3.05) is 46.4 Å². The number of aromatic nitrogens is 1. The number of carbonyl (C=O) groups is 1. The number of aliphatic imine (C=N–C) groups is 2. The lowest BCUT2D eigenvalue weighted by atomic mass is 10.1. The van der Waals surface area contributed by atoms with E-state index in [4.69, 9.17) is 14.5 Å². The third kappa shape index (κ3) is 4.41. The van der Waals surface area contributed by atoms with Crippen molar-refractivity contribution in [3.05, 3.63) is 47.8 Å². The zero-order valence-electron chi connectivity index (χ0n) is 18.8. The highest BCUT2D eigenvalue weighted by atomic mass is 16.5. The van der Waals surface area contributed by atoms with E-state index >= 15 is 0 Å². The SMILES string of the molecule is COc1c(OCCN2CCCCC2)ccc2c1N=C(NC(=O)c1cccnc1)N1CCN=C21. The van der Waals surface area contributed by atoms with Crippen molar-refractivity contribution < 1.29 is 14.3 Å². The van der Waals surface area contributed by atoms with Crippen LogP contribution in [-0.4, -0.2) is 78.9 Å². The Bertz CT molecular complexity index is 1080. The lowest BCUT2D eigenvalue weighted by Gasteiger charge is -2.29. The maximum absolute atomic E-state index is 12.8. The molecule has 0 saturated carbocycles. The number of piperidine rings is 1. The third-order valence-corrected chi connectivity index (χ3v) is 6.12. The van der Waals surface area contributed by atoms with E-state index in [0.29, 0.717) is 48.4 Å². The number of methoxy groups -OCH3 is 1. The topological polar surface area (TPSA) is 91.7 Å². The van der Waals surface area contributed by atoms with Crippen LogP contribution in [0.15, 0.2) is 46.6 Å². The van der Waals surface area contributed by atoms with Crippen LogP contribution in [0.1, 0.15) is 35.2 Å². The van der Waals surface area contributed by atoms with Crippen LogP contribution in [0.3, 0.4) is 0 Å². The number of pyridine rings is 1. The van der Waals surface area contributed by atoms with Crippen molar-refractivity contribution in [1.82, 2.24) is 20.1 Å². The van der Waals surface area contributed by atoms with E-state index in [1.165, 1.54) is 25.5 Å². The molecular formula is C24H28N6O3. The van der Waals surface area contributed by atoms with Gasteiger partial charge in [0.2, 0.25) is 5.96 Å². The largest absolute Gasteiger partial charge is 0.491 e. The molecule has 1 amide bonds. The number of rotatable bonds is 6. The van der Waals surface area contributed by atoms with Crippen LogP contribution in [0, 0.1) is 0 Å². The van der Waals surface area contributed by atoms with Gasteiger partial charge in [-0.3, -0.25) is 29.9 Å². The molecule has 1 N–H and O–H groups in total. The molecule has 172 valence electrons. The molecule has 1 aromatic heterocycles. The number of benzene rings is 1. The van der Waals surface area contributed by atoms with Crippen LogP contribution in [0.25, 0.3) is 0 Å². The number of ether oxygens (including phenoxy) is 2. The molecule has 5 rings (SSSR count). The third-order valence-electron chi connectivity index (χ3n) is 6.12. The monoisotopic (exact) mass is 448 g/mol. The summed E-state index contributed by atoms with van der Waals surface area (Å²) < 4.78 is 11.8. The van der Waals surface area contributed by atoms with Crippen molar-refractivity contribution in [2.45, 2.75) is 19.3 Å². The van der Waals surface area contributed by atoms with Crippen molar-refractivity contribution >= 4 is 23.4 Å². The average Bonchev–Trinajstić information content (AvgIpc) is 3.36. The Morgan fingerprint density at radius 2 is 2.03 bits per heavy atom. The second-order valence-corrected chi connectivity index (χ2v) is 8.23. The van der Waals surface area contributed by atoms with Crippen LogP contribution in [-0.2, 0) is 0 Å². The Kier molecular flexibility index (Phi) is 6.21. The fourth-order valence-electron chi connectivity index (χ4n) is 4.44. The number of nitrogens with one attached hydrogen (secondary N) is 1. The zero-order chi connectivity index (χ0) is 22.6. The number of amides is 1. The summed E-state index contributed by atoms with van der Waals surface area (Å²) in [5.74, 6) is 2.12. The quantitative estimate of drug-likeness (QED) is 0.730. The van der Waals surface area contributed by atoms with Gasteiger partial charge in [0.15, 0.2) is 11.5 Å². The fraction of sp³-hybridized carbons (Fsp3) is 0.417. The molecule has 0 radical (unpaired) electrons. The maximum atomic E-state index is 12.8. The van der Waals surface area contributed by atoms with E-state index in [1.807, 2.05) is 17.0 Å². The van der Waals surface area contributed by atoms with Gasteiger partial charge in [-0.25, -0.2) is 4.99 Å². The summed E-state index contributed by atoms with van der Waals surface area (Å²) in [5, 5.41) is 2.92. The van der Waals surface area contributed by atoms with Gasteiger partial charge in [0, 0.05) is 31.0 Å². The molecule has 0 aliphatic carbocycles. The van der Waals surface area contributed by atoms with Crippen molar-refractivity contribution in [1.29, 1.82) is 0 Å². The van der Waals surface area contributed by atoms with Gasteiger partial charge in [0.25, 0.3) is 5.91 Å². The molecule has 2 aromatic rings. The average molecular weight is 449 g/mol. The Hall–Kier alpha value is -3.46. The number of likely N-dealkylation sites (tertiary alicyclic amines) is 1. The van der Waals surface area contributed by atoms with E-state index in [0.717, 1.165) is 31.0 Å². The van der Waals surface area contributed by atoms with Gasteiger partial charge in [0.1, 0.15) is 18.1 Å². The Balaban J connectivity index is 1.40. The molecule has 0 atom stereocenters. The summed E-state index contributed by atoms with van der Waals surface area (Å²) in [6, 6.07) is 7.33. The molecule has 0 unspecified atom stereocenters. The number of amidine groups is 1. The Labute approximate surface area is 193 Å². The second-order valence-electron chi connectivity index (χ2n) is 8.23. The molecule has 0 bridgehead atoms. The lowest BCUT2D eigenvalue weighted by molar-refractivity contribution is 0.0973. The molecule has 33 heavy (non-hydrogen) atoms. The zero-order valence-corrected chi connectivity index (χ0v) is 18.8. The van der Waals surface area contributed by atoms with Gasteiger partial charge in [0.05, 0.1) is 19.2 Å². The van der Waals surface area contributed by atoms with Crippen molar-refractivity contribution in [2.24, 2.45) is 9.98 Å². The minimum Gasteiger partial charge on any atom is -0.491 e. The summed E-state index contributed by atoms with van der Waals surface area (Å²) >= 11 is 0. The highest BCUT2D eigenvalue weighted by molar-refractivity contribution is 6.20. The molecular weight excluding hydrogens is 420 g/mol. The Morgan fingerprint density at radius 3 is 2.82 bits per heavy atom. The molecule has 9 nitrogen and oxygen atoms in total. The molecule has 1 fully saturated rings. The molecule has 4 heterocycles. The second kappa shape index (κ2) is 9.58. The smallest absolute Gasteiger partial charge is 0.259 e. The summed E-state index contributed by atoms with van der Waals surface area (Å²) in [5.41, 5.74) is 1.95. The van der Waals surface area contributed by atoms with E-state index in [2.05, 4.69) is 20.2 Å². The predicted molar refractivity (Wildman–Crippen MR) is 126 cm³/mol. The number of guanidine groups is 1. The van der Waals surface area contributed by atoms with Gasteiger partial charge in [-0.2, -0.15) is 0 Å². The van der Waals surface area contributed by atoms with Crippen molar-refractivity contribution in [3.8, 4) is 11.5 Å². The maximum Gasteiger partial charge on any atom is 0.259 e. The van der Waals surface area contributed by atoms with Gasteiger partial charge in [-0.15, -0.1) is 0 Å². The lowest BCUT2D eigenvalue weighted by Crippen LogP contribution is -2.47. The van der Waals surface area contributed by atoms with Crippen LogP contribution in [0.5, 0.6) is 11.5 Å². The Morgan fingerprint density at radius 1 is 1.15 bits per heavy atom. The van der Waals surface area contributed by atoms with Gasteiger partial charge < -0.3 is 9.47 Å². The van der Waals surface area contributed by atoms with E-state index in [-0.39, 0.29) is 5.91 Å². The minimum absolute atomic E-state index is 0.274. The number of hydrogen-bond donors (Lipinski definition) is 1. The normalized spacial score (nSPS) is 17.5. The van der Waals surface area contributed by atoms with Crippen molar-refractivity contribution in [3.63, 3.8) is 0 Å². The van der Waals surface area contributed by atoms with E-state index in [9.17, 15) is 4.79 Å². The molecule has 9 heteroatoms. The predicted octanol–water partition coefficient (Wildman–Crippen LogP) is 2.45. The summed E-state index contributed by atoms with van der Waals surface area (Å²) in [6.07, 6.45) is 6.98. The summed E-state index contributed by atoms with van der Waals surface area (Å²) in [4.78, 5) is 30.6. The standard InChI is InChI=1S/C24H28N6O3/c1-32-21-19(33-15-14-29-11-3-2-4-12-29)8-7-18-20(21)27-24(30-13-10-26-22(18)30)28-23(31)17-6-5-9-25-16-17/h5-9,16H,2-4,10-15H2,1H3,(H,27,28,31). The summed E-state index contributed by atoms with van der Waals surface area (Å²) in [7, 11) is 1.61. The van der Waals surface area contributed by atoms with Crippen LogP contribution in [0.4, 0.5) is 5.69 Å². The first-order chi connectivity index (χ1) is 16.2. The summed E-state index contributed by atoms with van der Waals surface area (Å²) in [6.45, 7) is 5.01. The fourth-order valence-corrected chi connectivity index (χ4v) is 4.44. The number of nitrogens with zero attached hydrogens (tertiary/aromatic N) is 5. The molecule has 0 spiro atoms. The van der Waals surface area contributed by atoms with E-state index in [1.54, 1.807) is 25.4 Å². The van der Waals surface area contributed by atoms with Gasteiger partial charge in [-0.05, 0) is 50.2 Å². The molecule has 3 aliphatic heterocycles. The first kappa shape index (κ1) is 21.4. The molecule has 3 aliphatic rings. The molecule has 1 aromatic carbocycles. The minimum atomic E-state index is -0.274. The highest BCUT2D eigenvalue weighted by Gasteiger charge is 2.33. The first-order valence-corrected chi connectivity index (χ1v) is 11.4. The number of carbonyl (C=O) groups excluding carboxylic acids is 1. The van der Waals surface area contributed by atoms with Gasteiger partial charge in [-0.1, -0.05) is 6.42 Å². The van der Waals surface area contributed by atoms with Crippen LogP contribution in [0.2, 0.25) is 0 Å². The van der Waals surface area contributed by atoms with Crippen LogP contribution >= 0.6 is 0 Å². The van der Waals surface area contributed by atoms with Gasteiger partial charge >= 0.3 is 0 Å². The number of hydrogen-bond acceptors (Lipinski definition) is 8.